The van der Waals surface area contributed by atoms with Gasteiger partial charge in [-0.3, -0.25) is 10.1 Å². The number of carbonyl (C=O) groups excluding carboxylic acids is 1. The lowest BCUT2D eigenvalue weighted by Crippen LogP contribution is -2.45. The average Bonchev–Trinajstić information content (AvgIpc) is 3.38. The number of phenolic OH excluding ortho intramolecular Hbond substituents is 1. The monoisotopic (exact) mass is 297 g/mol. The van der Waals surface area contributed by atoms with Crippen molar-refractivity contribution in [3.05, 3.63) is 41.0 Å². The number of aromatic hydroxyl groups is 1. The van der Waals surface area contributed by atoms with Crippen molar-refractivity contribution < 1.29 is 9.90 Å². The number of Topliss-reactive ketones (excluding diaryl/α,β-unsaturated/α-hetero) is 1. The number of nitrogens with one attached hydrogen (secondary N) is 1. The van der Waals surface area contributed by atoms with E-state index in [0.717, 1.165) is 37.7 Å². The second-order valence-electron chi connectivity index (χ2n) is 6.96. The van der Waals surface area contributed by atoms with Crippen molar-refractivity contribution in [2.45, 2.75) is 57.0 Å². The first-order valence-electron chi connectivity index (χ1n) is 8.52. The van der Waals surface area contributed by atoms with Gasteiger partial charge in [-0.25, -0.2) is 0 Å². The number of rotatable bonds is 3. The first-order valence-corrected chi connectivity index (χ1v) is 8.52. The molecule has 0 bridgehead atoms. The van der Waals surface area contributed by atoms with E-state index in [9.17, 15) is 9.90 Å². The molecule has 1 aliphatic heterocycles. The molecule has 1 fully saturated rings. The molecular formula is C19H23NO2. The third-order valence-corrected chi connectivity index (χ3v) is 5.33. The van der Waals surface area contributed by atoms with Crippen molar-refractivity contribution in [3.8, 4) is 5.75 Å². The van der Waals surface area contributed by atoms with Gasteiger partial charge in [0.2, 0.25) is 0 Å². The van der Waals surface area contributed by atoms with E-state index in [-0.39, 0.29) is 18.0 Å². The summed E-state index contributed by atoms with van der Waals surface area (Å²) in [6.45, 7) is 0. The minimum absolute atomic E-state index is 0.0797. The van der Waals surface area contributed by atoms with Gasteiger partial charge in [0, 0.05) is 12.0 Å². The summed E-state index contributed by atoms with van der Waals surface area (Å²) in [6.07, 6.45) is 7.79. The number of hydrogen-bond donors (Lipinski definition) is 2. The summed E-state index contributed by atoms with van der Waals surface area (Å²) >= 11 is 0. The average molecular weight is 297 g/mol. The number of hydrogen-bond acceptors (Lipinski definition) is 3. The van der Waals surface area contributed by atoms with Crippen LogP contribution in [0.4, 0.5) is 0 Å². The van der Waals surface area contributed by atoms with Crippen molar-refractivity contribution in [1.29, 1.82) is 0 Å². The standard InChI is InChI=1S/C19H23NO2/c21-15-6-3-5-14(10-15)17-11-13-4-1-2-7-16(13)18(20-17)19(22)12-8-9-12/h3,5-6,10,12,17-18,20-21H,1-2,4,7-9,11H2/t17-,18?/m0/s1. The lowest BCUT2D eigenvalue weighted by Gasteiger charge is -2.37. The highest BCUT2D eigenvalue weighted by molar-refractivity contribution is 5.91. The van der Waals surface area contributed by atoms with Crippen LogP contribution >= 0.6 is 0 Å². The molecule has 3 nitrogen and oxygen atoms in total. The zero-order chi connectivity index (χ0) is 15.1. The zero-order valence-electron chi connectivity index (χ0n) is 12.8. The maximum atomic E-state index is 12.7. The quantitative estimate of drug-likeness (QED) is 0.837. The van der Waals surface area contributed by atoms with Gasteiger partial charge in [0.1, 0.15) is 5.75 Å². The van der Waals surface area contributed by atoms with E-state index >= 15 is 0 Å². The van der Waals surface area contributed by atoms with Gasteiger partial charge in [-0.2, -0.15) is 0 Å². The van der Waals surface area contributed by atoms with Crippen LogP contribution in [0.5, 0.6) is 5.75 Å². The van der Waals surface area contributed by atoms with Crippen LogP contribution < -0.4 is 5.32 Å². The van der Waals surface area contributed by atoms with Gasteiger partial charge >= 0.3 is 0 Å². The molecule has 0 saturated heterocycles. The minimum atomic E-state index is -0.0797. The van der Waals surface area contributed by atoms with E-state index in [1.165, 1.54) is 24.0 Å². The fourth-order valence-corrected chi connectivity index (χ4v) is 3.99. The number of carbonyl (C=O) groups is 1. The molecule has 1 aromatic rings. The molecular weight excluding hydrogens is 274 g/mol. The van der Waals surface area contributed by atoms with Gasteiger partial charge in [0.05, 0.1) is 6.04 Å². The van der Waals surface area contributed by atoms with Gasteiger partial charge in [0.25, 0.3) is 0 Å². The van der Waals surface area contributed by atoms with Crippen molar-refractivity contribution in [2.75, 3.05) is 0 Å². The van der Waals surface area contributed by atoms with Gasteiger partial charge in [0.15, 0.2) is 5.78 Å². The normalized spacial score (nSPS) is 28.4. The summed E-state index contributed by atoms with van der Waals surface area (Å²) in [5, 5.41) is 13.3. The smallest absolute Gasteiger partial charge is 0.157 e. The Bertz CT molecular complexity index is 630. The second kappa shape index (κ2) is 5.54. The molecule has 0 amide bonds. The van der Waals surface area contributed by atoms with Gasteiger partial charge in [-0.05, 0) is 68.2 Å². The molecule has 3 heteroatoms. The highest BCUT2D eigenvalue weighted by Gasteiger charge is 2.40. The van der Waals surface area contributed by atoms with Crippen molar-refractivity contribution in [3.63, 3.8) is 0 Å². The molecule has 3 aliphatic rings. The Morgan fingerprint density at radius 1 is 1.18 bits per heavy atom. The molecule has 22 heavy (non-hydrogen) atoms. The van der Waals surface area contributed by atoms with Crippen LogP contribution in [0.2, 0.25) is 0 Å². The maximum Gasteiger partial charge on any atom is 0.157 e. The molecule has 1 unspecified atom stereocenters. The molecule has 1 aromatic carbocycles. The highest BCUT2D eigenvalue weighted by Crippen LogP contribution is 2.41. The number of phenols is 1. The van der Waals surface area contributed by atoms with E-state index in [2.05, 4.69) is 5.32 Å². The third kappa shape index (κ3) is 2.58. The molecule has 0 spiro atoms. The fourth-order valence-electron chi connectivity index (χ4n) is 3.99. The first-order chi connectivity index (χ1) is 10.7. The Kier molecular flexibility index (Phi) is 3.53. The molecule has 2 atom stereocenters. The molecule has 1 heterocycles. The third-order valence-electron chi connectivity index (χ3n) is 5.33. The number of ketones is 1. The molecule has 0 aromatic heterocycles. The van der Waals surface area contributed by atoms with E-state index in [1.807, 2.05) is 18.2 Å². The van der Waals surface area contributed by atoms with Gasteiger partial charge < -0.3 is 5.11 Å². The van der Waals surface area contributed by atoms with Crippen LogP contribution in [0.15, 0.2) is 35.4 Å². The van der Waals surface area contributed by atoms with Crippen LogP contribution in [0.25, 0.3) is 0 Å². The molecule has 2 aliphatic carbocycles. The van der Waals surface area contributed by atoms with E-state index in [0.29, 0.717) is 11.5 Å². The predicted molar refractivity (Wildman–Crippen MR) is 85.6 cm³/mol. The van der Waals surface area contributed by atoms with E-state index in [4.69, 9.17) is 0 Å². The molecule has 0 radical (unpaired) electrons. The van der Waals surface area contributed by atoms with Crippen LogP contribution in [-0.2, 0) is 4.79 Å². The first kappa shape index (κ1) is 14.0. The van der Waals surface area contributed by atoms with E-state index < -0.39 is 0 Å². The van der Waals surface area contributed by atoms with Gasteiger partial charge in [-0.15, -0.1) is 0 Å². The summed E-state index contributed by atoms with van der Waals surface area (Å²) < 4.78 is 0. The lowest BCUT2D eigenvalue weighted by atomic mass is 9.78. The summed E-state index contributed by atoms with van der Waals surface area (Å²) in [7, 11) is 0. The summed E-state index contributed by atoms with van der Waals surface area (Å²) in [5.41, 5.74) is 3.97. The highest BCUT2D eigenvalue weighted by atomic mass is 16.3. The Balaban J connectivity index is 1.66. The Morgan fingerprint density at radius 2 is 2.00 bits per heavy atom. The Morgan fingerprint density at radius 3 is 2.77 bits per heavy atom. The largest absolute Gasteiger partial charge is 0.508 e. The predicted octanol–water partition coefficient (Wildman–Crippen LogP) is 3.64. The van der Waals surface area contributed by atoms with Crippen molar-refractivity contribution in [1.82, 2.24) is 5.32 Å². The zero-order valence-corrected chi connectivity index (χ0v) is 12.8. The van der Waals surface area contributed by atoms with Crippen LogP contribution in [0, 0.1) is 5.92 Å². The molecule has 2 N–H and O–H groups in total. The van der Waals surface area contributed by atoms with E-state index in [1.54, 1.807) is 6.07 Å². The Hall–Kier alpha value is -1.61. The van der Waals surface area contributed by atoms with Crippen molar-refractivity contribution in [2.24, 2.45) is 5.92 Å². The van der Waals surface area contributed by atoms with Crippen LogP contribution in [-0.4, -0.2) is 16.9 Å². The minimum Gasteiger partial charge on any atom is -0.508 e. The second-order valence-corrected chi connectivity index (χ2v) is 6.96. The van der Waals surface area contributed by atoms with Crippen LogP contribution in [0.3, 0.4) is 0 Å². The Labute approximate surface area is 131 Å². The van der Waals surface area contributed by atoms with Gasteiger partial charge in [-0.1, -0.05) is 17.7 Å². The SMILES string of the molecule is O=C(C1CC1)C1N[C@H](c2cccc(O)c2)CC2=C1CCCC2. The summed E-state index contributed by atoms with van der Waals surface area (Å²) in [4.78, 5) is 12.7. The number of benzene rings is 1. The molecule has 4 rings (SSSR count). The van der Waals surface area contributed by atoms with Crippen molar-refractivity contribution >= 4 is 5.78 Å². The topological polar surface area (TPSA) is 49.3 Å². The summed E-state index contributed by atoms with van der Waals surface area (Å²) in [5.74, 6) is 0.989. The maximum absolute atomic E-state index is 12.7. The van der Waals surface area contributed by atoms with Crippen LogP contribution in [0.1, 0.15) is 56.6 Å². The lowest BCUT2D eigenvalue weighted by molar-refractivity contribution is -0.121. The summed E-state index contributed by atoms with van der Waals surface area (Å²) in [6, 6.07) is 7.52. The molecule has 116 valence electrons. The molecule has 1 saturated carbocycles. The fraction of sp³-hybridized carbons (Fsp3) is 0.526.